The van der Waals surface area contributed by atoms with Crippen LogP contribution in [-0.4, -0.2) is 31.2 Å². The van der Waals surface area contributed by atoms with Crippen LogP contribution in [0.5, 0.6) is 0 Å². The van der Waals surface area contributed by atoms with Gasteiger partial charge in [-0.05, 0) is 20.8 Å². The molecule has 0 unspecified atom stereocenters. The standard InChI is InChI=1S/C8H18N2O2/c1-6(5-9)10-7(11)8(2,3)12-4/h6H,5,9H2,1-4H3,(H,10,11)/t6-/m1/s1. The second kappa shape index (κ2) is 4.42. The van der Waals surface area contributed by atoms with Crippen LogP contribution >= 0.6 is 0 Å². The van der Waals surface area contributed by atoms with Crippen LogP contribution in [0.3, 0.4) is 0 Å². The molecule has 4 nitrogen and oxygen atoms in total. The van der Waals surface area contributed by atoms with Gasteiger partial charge in [-0.25, -0.2) is 0 Å². The summed E-state index contributed by atoms with van der Waals surface area (Å²) in [6.45, 7) is 5.71. The number of hydrogen-bond donors (Lipinski definition) is 2. The van der Waals surface area contributed by atoms with Crippen LogP contribution in [0, 0.1) is 0 Å². The fourth-order valence-electron chi connectivity index (χ4n) is 0.549. The van der Waals surface area contributed by atoms with E-state index in [2.05, 4.69) is 5.32 Å². The smallest absolute Gasteiger partial charge is 0.251 e. The van der Waals surface area contributed by atoms with Crippen LogP contribution in [-0.2, 0) is 9.53 Å². The van der Waals surface area contributed by atoms with Crippen LogP contribution in [0.4, 0.5) is 0 Å². The van der Waals surface area contributed by atoms with Crippen LogP contribution in [0.15, 0.2) is 0 Å². The Labute approximate surface area is 73.5 Å². The summed E-state index contributed by atoms with van der Waals surface area (Å²) in [5.41, 5.74) is 4.58. The Morgan fingerprint density at radius 2 is 2.17 bits per heavy atom. The summed E-state index contributed by atoms with van der Waals surface area (Å²) in [6.07, 6.45) is 0. The number of rotatable bonds is 4. The predicted molar refractivity (Wildman–Crippen MR) is 47.7 cm³/mol. The molecule has 1 atom stereocenters. The van der Waals surface area contributed by atoms with E-state index in [0.717, 1.165) is 0 Å². The summed E-state index contributed by atoms with van der Waals surface area (Å²) in [4.78, 5) is 11.4. The Bertz CT molecular complexity index is 157. The topological polar surface area (TPSA) is 64.3 Å². The molecule has 3 N–H and O–H groups in total. The van der Waals surface area contributed by atoms with Crippen molar-refractivity contribution < 1.29 is 9.53 Å². The molecule has 0 bridgehead atoms. The van der Waals surface area contributed by atoms with Gasteiger partial charge in [0.25, 0.3) is 5.91 Å². The van der Waals surface area contributed by atoms with Gasteiger partial charge in [-0.3, -0.25) is 4.79 Å². The normalized spacial score (nSPS) is 14.1. The Morgan fingerprint density at radius 3 is 2.50 bits per heavy atom. The molecule has 1 amide bonds. The zero-order valence-corrected chi connectivity index (χ0v) is 8.18. The number of carbonyl (C=O) groups is 1. The molecule has 0 radical (unpaired) electrons. The van der Waals surface area contributed by atoms with Crippen molar-refractivity contribution in [3.05, 3.63) is 0 Å². The van der Waals surface area contributed by atoms with Crippen molar-refractivity contribution in [2.24, 2.45) is 5.73 Å². The SMILES string of the molecule is COC(C)(C)C(=O)N[C@H](C)CN. The van der Waals surface area contributed by atoms with Gasteiger partial charge in [0.15, 0.2) is 0 Å². The third-order valence-corrected chi connectivity index (χ3v) is 1.79. The highest BCUT2D eigenvalue weighted by molar-refractivity contribution is 5.84. The number of hydrogen-bond acceptors (Lipinski definition) is 3. The predicted octanol–water partition coefficient (Wildman–Crippen LogP) is -0.125. The first-order chi connectivity index (χ1) is 5.44. The van der Waals surface area contributed by atoms with Gasteiger partial charge in [0, 0.05) is 19.7 Å². The number of nitrogens with two attached hydrogens (primary N) is 1. The molecule has 72 valence electrons. The first-order valence-corrected chi connectivity index (χ1v) is 4.00. The molecule has 0 heterocycles. The molecule has 0 aliphatic rings. The summed E-state index contributed by atoms with van der Waals surface area (Å²) in [6, 6.07) is -0.00748. The molecule has 0 aromatic rings. The molecule has 0 fully saturated rings. The highest BCUT2D eigenvalue weighted by Crippen LogP contribution is 2.06. The number of amides is 1. The Kier molecular flexibility index (Phi) is 4.20. The second-order valence-corrected chi connectivity index (χ2v) is 3.32. The fourth-order valence-corrected chi connectivity index (χ4v) is 0.549. The first kappa shape index (κ1) is 11.4. The fraction of sp³-hybridized carbons (Fsp3) is 0.875. The van der Waals surface area contributed by atoms with Crippen molar-refractivity contribution >= 4 is 5.91 Å². The molecule has 0 aromatic heterocycles. The minimum absolute atomic E-state index is 0.00748. The van der Waals surface area contributed by atoms with Crippen LogP contribution in [0.25, 0.3) is 0 Å². The van der Waals surface area contributed by atoms with Crippen molar-refractivity contribution in [1.82, 2.24) is 5.32 Å². The van der Waals surface area contributed by atoms with Gasteiger partial charge in [0.2, 0.25) is 0 Å². The lowest BCUT2D eigenvalue weighted by molar-refractivity contribution is -0.140. The van der Waals surface area contributed by atoms with E-state index in [1.54, 1.807) is 13.8 Å². The van der Waals surface area contributed by atoms with E-state index >= 15 is 0 Å². The van der Waals surface area contributed by atoms with Crippen LogP contribution in [0.1, 0.15) is 20.8 Å². The van der Waals surface area contributed by atoms with Gasteiger partial charge < -0.3 is 15.8 Å². The van der Waals surface area contributed by atoms with E-state index in [9.17, 15) is 4.79 Å². The molecule has 4 heteroatoms. The third kappa shape index (κ3) is 3.19. The molecule has 0 spiro atoms. The zero-order valence-electron chi connectivity index (χ0n) is 8.18. The Hall–Kier alpha value is -0.610. The van der Waals surface area contributed by atoms with Crippen LogP contribution in [0.2, 0.25) is 0 Å². The number of nitrogens with one attached hydrogen (secondary N) is 1. The molecule has 0 saturated heterocycles. The highest BCUT2D eigenvalue weighted by atomic mass is 16.5. The second-order valence-electron chi connectivity index (χ2n) is 3.32. The summed E-state index contributed by atoms with van der Waals surface area (Å²) in [5, 5.41) is 2.73. The molecular formula is C8H18N2O2. The molecule has 0 rings (SSSR count). The monoisotopic (exact) mass is 174 g/mol. The summed E-state index contributed by atoms with van der Waals surface area (Å²) < 4.78 is 4.99. The summed E-state index contributed by atoms with van der Waals surface area (Å²) >= 11 is 0. The van der Waals surface area contributed by atoms with E-state index in [1.165, 1.54) is 7.11 Å². The molecule has 0 aromatic carbocycles. The maximum absolute atomic E-state index is 11.4. The Balaban J connectivity index is 4.03. The van der Waals surface area contributed by atoms with Gasteiger partial charge in [-0.2, -0.15) is 0 Å². The maximum atomic E-state index is 11.4. The van der Waals surface area contributed by atoms with Crippen LogP contribution < -0.4 is 11.1 Å². The minimum atomic E-state index is -0.774. The maximum Gasteiger partial charge on any atom is 0.251 e. The molecule has 0 aliphatic heterocycles. The lowest BCUT2D eigenvalue weighted by Crippen LogP contribution is -2.48. The summed E-state index contributed by atoms with van der Waals surface area (Å²) in [5.74, 6) is -0.136. The number of ether oxygens (including phenoxy) is 1. The lowest BCUT2D eigenvalue weighted by Gasteiger charge is -2.23. The number of methoxy groups -OCH3 is 1. The van der Waals surface area contributed by atoms with E-state index < -0.39 is 5.60 Å². The van der Waals surface area contributed by atoms with Crippen molar-refractivity contribution in [1.29, 1.82) is 0 Å². The van der Waals surface area contributed by atoms with E-state index in [0.29, 0.717) is 6.54 Å². The first-order valence-electron chi connectivity index (χ1n) is 4.00. The van der Waals surface area contributed by atoms with Crippen molar-refractivity contribution in [2.75, 3.05) is 13.7 Å². The van der Waals surface area contributed by atoms with Crippen molar-refractivity contribution in [3.8, 4) is 0 Å². The average molecular weight is 174 g/mol. The van der Waals surface area contributed by atoms with E-state index in [4.69, 9.17) is 10.5 Å². The quantitative estimate of drug-likeness (QED) is 0.624. The molecular weight excluding hydrogens is 156 g/mol. The summed E-state index contributed by atoms with van der Waals surface area (Å²) in [7, 11) is 1.51. The minimum Gasteiger partial charge on any atom is -0.369 e. The molecule has 12 heavy (non-hydrogen) atoms. The van der Waals surface area contributed by atoms with Gasteiger partial charge >= 0.3 is 0 Å². The largest absolute Gasteiger partial charge is 0.369 e. The van der Waals surface area contributed by atoms with Gasteiger partial charge in [0.1, 0.15) is 5.60 Å². The van der Waals surface area contributed by atoms with Crippen molar-refractivity contribution in [2.45, 2.75) is 32.4 Å². The Morgan fingerprint density at radius 1 is 1.67 bits per heavy atom. The van der Waals surface area contributed by atoms with E-state index in [1.807, 2.05) is 6.92 Å². The molecule has 0 saturated carbocycles. The highest BCUT2D eigenvalue weighted by Gasteiger charge is 2.27. The van der Waals surface area contributed by atoms with Crippen molar-refractivity contribution in [3.63, 3.8) is 0 Å². The molecule has 0 aliphatic carbocycles. The van der Waals surface area contributed by atoms with E-state index in [-0.39, 0.29) is 11.9 Å². The third-order valence-electron chi connectivity index (χ3n) is 1.79. The zero-order chi connectivity index (χ0) is 9.78. The average Bonchev–Trinajstić information content (AvgIpc) is 2.04. The lowest BCUT2D eigenvalue weighted by atomic mass is 10.1. The van der Waals surface area contributed by atoms with Gasteiger partial charge in [-0.1, -0.05) is 0 Å². The van der Waals surface area contributed by atoms with Gasteiger partial charge in [0.05, 0.1) is 0 Å². The van der Waals surface area contributed by atoms with Gasteiger partial charge in [-0.15, -0.1) is 0 Å². The number of carbonyl (C=O) groups excluding carboxylic acids is 1.